The maximum Gasteiger partial charge on any atom is 0.260 e. The van der Waals surface area contributed by atoms with Gasteiger partial charge in [-0.05, 0) is 43.5 Å². The number of nitrogens with one attached hydrogen (secondary N) is 1. The third-order valence-electron chi connectivity index (χ3n) is 4.49. The predicted octanol–water partition coefficient (Wildman–Crippen LogP) is 2.57. The van der Waals surface area contributed by atoms with Crippen LogP contribution in [0.4, 0.5) is 0 Å². The Morgan fingerprint density at radius 3 is 2.92 bits per heavy atom. The van der Waals surface area contributed by atoms with Gasteiger partial charge in [-0.15, -0.1) is 0 Å². The van der Waals surface area contributed by atoms with E-state index in [0.717, 1.165) is 36.3 Å². The molecule has 6 heteroatoms. The molecule has 1 aromatic carbocycles. The van der Waals surface area contributed by atoms with Crippen LogP contribution in [-0.4, -0.2) is 40.7 Å². The maximum absolute atomic E-state index is 12.5. The van der Waals surface area contributed by atoms with Crippen molar-refractivity contribution in [1.82, 2.24) is 15.1 Å². The molecule has 2 aromatic rings. The molecule has 1 N–H and O–H groups in total. The first kappa shape index (κ1) is 17.0. The Kier molecular flexibility index (Phi) is 5.34. The minimum atomic E-state index is -0.00180. The Labute approximate surface area is 147 Å². The highest BCUT2D eigenvalue weighted by Crippen LogP contribution is 2.26. The van der Waals surface area contributed by atoms with Crippen molar-refractivity contribution in [3.05, 3.63) is 47.3 Å². The van der Waals surface area contributed by atoms with Crippen molar-refractivity contribution >= 4 is 5.91 Å². The number of aromatic amines is 1. The minimum absolute atomic E-state index is 0.00180. The number of benzene rings is 1. The zero-order valence-electron chi connectivity index (χ0n) is 14.4. The lowest BCUT2D eigenvalue weighted by Crippen LogP contribution is -2.41. The minimum Gasteiger partial charge on any atom is -0.484 e. The van der Waals surface area contributed by atoms with Crippen molar-refractivity contribution < 1.29 is 9.53 Å². The summed E-state index contributed by atoms with van der Waals surface area (Å²) >= 11 is 0. The largest absolute Gasteiger partial charge is 0.484 e. The summed E-state index contributed by atoms with van der Waals surface area (Å²) in [4.78, 5) is 14.3. The van der Waals surface area contributed by atoms with Crippen LogP contribution in [0.2, 0.25) is 0 Å². The van der Waals surface area contributed by atoms with Crippen LogP contribution in [-0.2, 0) is 11.2 Å². The first-order valence-corrected chi connectivity index (χ1v) is 8.54. The van der Waals surface area contributed by atoms with E-state index in [4.69, 9.17) is 10.00 Å². The number of carbonyl (C=O) groups is 1. The Morgan fingerprint density at radius 2 is 2.24 bits per heavy atom. The summed E-state index contributed by atoms with van der Waals surface area (Å²) in [5.41, 5.74) is 3.01. The van der Waals surface area contributed by atoms with E-state index in [1.54, 1.807) is 12.1 Å². The predicted molar refractivity (Wildman–Crippen MR) is 93.1 cm³/mol. The van der Waals surface area contributed by atoms with Gasteiger partial charge >= 0.3 is 0 Å². The average molecular weight is 338 g/mol. The highest BCUT2D eigenvalue weighted by molar-refractivity contribution is 5.78. The monoisotopic (exact) mass is 338 g/mol. The molecule has 0 saturated carbocycles. The number of aromatic nitrogens is 2. The van der Waals surface area contributed by atoms with Gasteiger partial charge in [0.15, 0.2) is 6.61 Å². The second kappa shape index (κ2) is 7.84. The summed E-state index contributed by atoms with van der Waals surface area (Å²) in [6.45, 7) is 3.47. The molecule has 0 spiro atoms. The number of piperidine rings is 1. The molecule has 1 aromatic heterocycles. The normalized spacial score (nSPS) is 17.1. The topological polar surface area (TPSA) is 82.0 Å². The first-order chi connectivity index (χ1) is 12.2. The highest BCUT2D eigenvalue weighted by atomic mass is 16.5. The van der Waals surface area contributed by atoms with E-state index in [2.05, 4.69) is 22.3 Å². The fourth-order valence-electron chi connectivity index (χ4n) is 3.12. The molecule has 1 fully saturated rings. The Bertz CT molecular complexity index is 760. The summed E-state index contributed by atoms with van der Waals surface area (Å²) in [5, 5.41) is 16.0. The van der Waals surface area contributed by atoms with E-state index < -0.39 is 0 Å². The van der Waals surface area contributed by atoms with E-state index in [1.807, 2.05) is 24.0 Å². The van der Waals surface area contributed by atoms with Crippen LogP contribution >= 0.6 is 0 Å². The van der Waals surface area contributed by atoms with Gasteiger partial charge in [0.25, 0.3) is 5.91 Å². The Hall–Kier alpha value is -2.81. The maximum atomic E-state index is 12.5. The van der Waals surface area contributed by atoms with Crippen LogP contribution in [0, 0.1) is 18.3 Å². The van der Waals surface area contributed by atoms with Crippen molar-refractivity contribution in [2.24, 2.45) is 0 Å². The van der Waals surface area contributed by atoms with Gasteiger partial charge in [-0.2, -0.15) is 10.4 Å². The molecule has 1 unspecified atom stereocenters. The standard InChI is InChI=1S/C19H22N4O2/c1-14-11-18(22-21-14)16-3-2-10-23(12-16)19(24)13-25-17-6-4-15(5-7-17)8-9-20/h4-7,11,16H,2-3,8,10,12-13H2,1H3,(H,21,22). The van der Waals surface area contributed by atoms with Crippen LogP contribution in [0.3, 0.4) is 0 Å². The molecule has 3 rings (SSSR count). The van der Waals surface area contributed by atoms with Crippen molar-refractivity contribution in [2.75, 3.05) is 19.7 Å². The number of H-pyrrole nitrogens is 1. The van der Waals surface area contributed by atoms with Crippen LogP contribution in [0.1, 0.15) is 35.7 Å². The number of nitrogens with zero attached hydrogens (tertiary/aromatic N) is 3. The summed E-state index contributed by atoms with van der Waals surface area (Å²) in [5.74, 6) is 0.928. The molecule has 0 aliphatic carbocycles. The van der Waals surface area contributed by atoms with Crippen LogP contribution in [0.5, 0.6) is 5.75 Å². The number of ether oxygens (including phenoxy) is 1. The van der Waals surface area contributed by atoms with E-state index >= 15 is 0 Å². The van der Waals surface area contributed by atoms with Gasteiger partial charge in [-0.3, -0.25) is 9.89 Å². The van der Waals surface area contributed by atoms with Gasteiger partial charge in [-0.1, -0.05) is 12.1 Å². The molecule has 0 bridgehead atoms. The quantitative estimate of drug-likeness (QED) is 0.908. The summed E-state index contributed by atoms with van der Waals surface area (Å²) in [6, 6.07) is 11.4. The van der Waals surface area contributed by atoms with E-state index in [-0.39, 0.29) is 18.4 Å². The molecule has 2 heterocycles. The smallest absolute Gasteiger partial charge is 0.260 e. The molecular weight excluding hydrogens is 316 g/mol. The third kappa shape index (κ3) is 4.38. The van der Waals surface area contributed by atoms with E-state index in [0.29, 0.717) is 18.7 Å². The van der Waals surface area contributed by atoms with Gasteiger partial charge in [0.05, 0.1) is 18.2 Å². The molecule has 1 saturated heterocycles. The lowest BCUT2D eigenvalue weighted by Gasteiger charge is -2.31. The lowest BCUT2D eigenvalue weighted by molar-refractivity contribution is -0.134. The second-order valence-electron chi connectivity index (χ2n) is 6.42. The van der Waals surface area contributed by atoms with Crippen molar-refractivity contribution in [2.45, 2.75) is 32.1 Å². The van der Waals surface area contributed by atoms with Gasteiger partial charge < -0.3 is 9.64 Å². The number of carbonyl (C=O) groups excluding carboxylic acids is 1. The Balaban J connectivity index is 1.53. The molecule has 25 heavy (non-hydrogen) atoms. The molecule has 1 aliphatic heterocycles. The SMILES string of the molecule is Cc1cc(C2CCCN(C(=O)COc3ccc(CC#N)cc3)C2)n[nH]1. The fourth-order valence-corrected chi connectivity index (χ4v) is 3.12. The van der Waals surface area contributed by atoms with Crippen LogP contribution in [0.15, 0.2) is 30.3 Å². The fraction of sp³-hybridized carbons (Fsp3) is 0.421. The highest BCUT2D eigenvalue weighted by Gasteiger charge is 2.26. The molecule has 1 atom stereocenters. The van der Waals surface area contributed by atoms with Gasteiger partial charge in [0.1, 0.15) is 5.75 Å². The van der Waals surface area contributed by atoms with Crippen LogP contribution in [0.25, 0.3) is 0 Å². The number of rotatable bonds is 5. The number of hydrogen-bond acceptors (Lipinski definition) is 4. The molecular formula is C19H22N4O2. The van der Waals surface area contributed by atoms with E-state index in [1.165, 1.54) is 0 Å². The van der Waals surface area contributed by atoms with Gasteiger partial charge in [-0.25, -0.2) is 0 Å². The number of aryl methyl sites for hydroxylation is 1. The third-order valence-corrected chi connectivity index (χ3v) is 4.49. The number of likely N-dealkylation sites (tertiary alicyclic amines) is 1. The van der Waals surface area contributed by atoms with Crippen molar-refractivity contribution in [1.29, 1.82) is 5.26 Å². The molecule has 6 nitrogen and oxygen atoms in total. The first-order valence-electron chi connectivity index (χ1n) is 8.54. The zero-order valence-corrected chi connectivity index (χ0v) is 14.4. The van der Waals surface area contributed by atoms with Gasteiger partial charge in [0, 0.05) is 24.7 Å². The summed E-state index contributed by atoms with van der Waals surface area (Å²) in [6.07, 6.45) is 2.40. The zero-order chi connectivity index (χ0) is 17.6. The van der Waals surface area contributed by atoms with Crippen LogP contribution < -0.4 is 4.74 Å². The molecule has 0 radical (unpaired) electrons. The number of nitriles is 1. The number of hydrogen-bond donors (Lipinski definition) is 1. The summed E-state index contributed by atoms with van der Waals surface area (Å²) < 4.78 is 5.60. The van der Waals surface area contributed by atoms with Gasteiger partial charge in [0.2, 0.25) is 0 Å². The summed E-state index contributed by atoms with van der Waals surface area (Å²) in [7, 11) is 0. The van der Waals surface area contributed by atoms with Crippen molar-refractivity contribution in [3.8, 4) is 11.8 Å². The van der Waals surface area contributed by atoms with Crippen molar-refractivity contribution in [3.63, 3.8) is 0 Å². The molecule has 1 amide bonds. The van der Waals surface area contributed by atoms with E-state index in [9.17, 15) is 4.79 Å². The molecule has 1 aliphatic rings. The second-order valence-corrected chi connectivity index (χ2v) is 6.42. The number of amides is 1. The average Bonchev–Trinajstić information content (AvgIpc) is 3.08. The Morgan fingerprint density at radius 1 is 1.44 bits per heavy atom. The lowest BCUT2D eigenvalue weighted by atomic mass is 9.94. The molecule has 130 valence electrons.